The van der Waals surface area contributed by atoms with Crippen LogP contribution in [0.5, 0.6) is 5.75 Å². The molecule has 0 saturated carbocycles. The highest BCUT2D eigenvalue weighted by molar-refractivity contribution is 7.92. The van der Waals surface area contributed by atoms with E-state index in [1.165, 1.54) is 19.1 Å². The van der Waals surface area contributed by atoms with E-state index in [0.29, 0.717) is 12.2 Å². The highest BCUT2D eigenvalue weighted by atomic mass is 32.2. The molecule has 8 nitrogen and oxygen atoms in total. The molecule has 0 aromatic heterocycles. The van der Waals surface area contributed by atoms with Gasteiger partial charge >= 0.3 is 0 Å². The predicted octanol–water partition coefficient (Wildman–Crippen LogP) is 0.107. The van der Waals surface area contributed by atoms with Gasteiger partial charge in [0.1, 0.15) is 12.3 Å². The van der Waals surface area contributed by atoms with E-state index in [1.807, 2.05) is 0 Å². The number of hydrogen-bond acceptors (Lipinski definition) is 6. The standard InChI is InChI=1S/C15H22N2O6S2/c1-16(12-8-9-25(21,22)11-12)15(18)10-17(24(3,19)20)13-6-4-5-7-14(13)23-2/h4-7,12H,8-11H2,1-3H3. The number of ether oxygens (including phenoxy) is 1. The normalized spacial score (nSPS) is 19.4. The molecular weight excluding hydrogens is 368 g/mol. The van der Waals surface area contributed by atoms with Gasteiger partial charge in [0.2, 0.25) is 15.9 Å². The fourth-order valence-corrected chi connectivity index (χ4v) is 5.36. The Balaban J connectivity index is 2.25. The van der Waals surface area contributed by atoms with Crippen LogP contribution in [0.25, 0.3) is 0 Å². The van der Waals surface area contributed by atoms with Gasteiger partial charge in [0.15, 0.2) is 9.84 Å². The summed E-state index contributed by atoms with van der Waals surface area (Å²) in [6.07, 6.45) is 1.37. The van der Waals surface area contributed by atoms with Crippen LogP contribution in [0.2, 0.25) is 0 Å². The topological polar surface area (TPSA) is 101 Å². The van der Waals surface area contributed by atoms with Crippen molar-refractivity contribution in [1.29, 1.82) is 0 Å². The Bertz CT molecular complexity index is 851. The third-order valence-electron chi connectivity index (χ3n) is 4.18. The van der Waals surface area contributed by atoms with E-state index in [-0.39, 0.29) is 17.2 Å². The molecule has 1 aliphatic rings. The van der Waals surface area contributed by atoms with Crippen molar-refractivity contribution >= 4 is 31.5 Å². The van der Waals surface area contributed by atoms with E-state index in [1.54, 1.807) is 24.3 Å². The first-order valence-corrected chi connectivity index (χ1v) is 11.3. The number of carbonyl (C=O) groups is 1. The molecule has 25 heavy (non-hydrogen) atoms. The van der Waals surface area contributed by atoms with Gasteiger partial charge in [-0.05, 0) is 18.6 Å². The molecule has 1 aliphatic heterocycles. The summed E-state index contributed by atoms with van der Waals surface area (Å²) < 4.78 is 53.7. The van der Waals surface area contributed by atoms with Crippen molar-refractivity contribution in [2.45, 2.75) is 12.5 Å². The molecule has 1 fully saturated rings. The molecule has 0 N–H and O–H groups in total. The molecule has 1 heterocycles. The summed E-state index contributed by atoms with van der Waals surface area (Å²) in [4.78, 5) is 13.9. The Labute approximate surface area is 148 Å². The maximum Gasteiger partial charge on any atom is 0.243 e. The molecular formula is C15H22N2O6S2. The molecule has 1 aromatic rings. The van der Waals surface area contributed by atoms with Crippen LogP contribution in [-0.4, -0.2) is 72.1 Å². The van der Waals surface area contributed by atoms with Crippen molar-refractivity contribution < 1.29 is 26.4 Å². The van der Waals surface area contributed by atoms with Gasteiger partial charge in [-0.1, -0.05) is 12.1 Å². The molecule has 1 atom stereocenters. The minimum atomic E-state index is -3.74. The molecule has 0 spiro atoms. The van der Waals surface area contributed by atoms with Crippen LogP contribution in [0.3, 0.4) is 0 Å². The summed E-state index contributed by atoms with van der Waals surface area (Å²) in [5.41, 5.74) is 0.258. The van der Waals surface area contributed by atoms with E-state index in [2.05, 4.69) is 0 Å². The van der Waals surface area contributed by atoms with Crippen LogP contribution in [0.1, 0.15) is 6.42 Å². The van der Waals surface area contributed by atoms with E-state index < -0.39 is 38.4 Å². The minimum Gasteiger partial charge on any atom is -0.495 e. The zero-order valence-electron chi connectivity index (χ0n) is 14.4. The summed E-state index contributed by atoms with van der Waals surface area (Å²) in [6.45, 7) is -0.424. The van der Waals surface area contributed by atoms with E-state index in [9.17, 15) is 21.6 Å². The zero-order chi connectivity index (χ0) is 18.8. The van der Waals surface area contributed by atoms with Gasteiger partial charge in [-0.3, -0.25) is 9.10 Å². The fourth-order valence-electron chi connectivity index (χ4n) is 2.74. The van der Waals surface area contributed by atoms with Gasteiger partial charge < -0.3 is 9.64 Å². The van der Waals surface area contributed by atoms with Gasteiger partial charge in [-0.15, -0.1) is 0 Å². The summed E-state index contributed by atoms with van der Waals surface area (Å²) in [7, 11) is -3.97. The summed E-state index contributed by atoms with van der Waals surface area (Å²) in [5.74, 6) is -0.203. The second-order valence-corrected chi connectivity index (χ2v) is 10.1. The zero-order valence-corrected chi connectivity index (χ0v) is 16.0. The summed E-state index contributed by atoms with van der Waals surface area (Å²) in [5, 5.41) is 0. The van der Waals surface area contributed by atoms with Gasteiger partial charge in [0.25, 0.3) is 0 Å². The second kappa shape index (κ2) is 7.20. The maximum atomic E-state index is 12.6. The number of anilines is 1. The maximum absolute atomic E-state index is 12.6. The van der Waals surface area contributed by atoms with Gasteiger partial charge in [0, 0.05) is 13.1 Å². The molecule has 1 aromatic carbocycles. The largest absolute Gasteiger partial charge is 0.495 e. The number of para-hydroxylation sites is 2. The van der Waals surface area contributed by atoms with E-state index in [0.717, 1.165) is 10.6 Å². The van der Waals surface area contributed by atoms with Crippen molar-refractivity contribution in [2.24, 2.45) is 0 Å². The van der Waals surface area contributed by atoms with E-state index >= 15 is 0 Å². The SMILES string of the molecule is COc1ccccc1N(CC(=O)N(C)C1CCS(=O)(=O)C1)S(C)(=O)=O. The predicted molar refractivity (Wildman–Crippen MR) is 95.0 cm³/mol. The van der Waals surface area contributed by atoms with Crippen LogP contribution in [0.15, 0.2) is 24.3 Å². The average Bonchev–Trinajstić information content (AvgIpc) is 2.90. The summed E-state index contributed by atoms with van der Waals surface area (Å²) >= 11 is 0. The Morgan fingerprint density at radius 2 is 1.96 bits per heavy atom. The van der Waals surface area contributed by atoms with E-state index in [4.69, 9.17) is 4.74 Å². The van der Waals surface area contributed by atoms with Crippen molar-refractivity contribution in [1.82, 2.24) is 4.90 Å². The van der Waals surface area contributed by atoms with Crippen LogP contribution < -0.4 is 9.04 Å². The van der Waals surface area contributed by atoms with Crippen LogP contribution >= 0.6 is 0 Å². The quantitative estimate of drug-likeness (QED) is 0.683. The van der Waals surface area contributed by atoms with Crippen molar-refractivity contribution in [3.63, 3.8) is 0 Å². The molecule has 0 radical (unpaired) electrons. The minimum absolute atomic E-state index is 0.0393. The highest BCUT2D eigenvalue weighted by Gasteiger charge is 2.34. The van der Waals surface area contributed by atoms with Gasteiger partial charge in [0.05, 0.1) is 30.6 Å². The smallest absolute Gasteiger partial charge is 0.243 e. The molecule has 1 unspecified atom stereocenters. The number of hydrogen-bond donors (Lipinski definition) is 0. The van der Waals surface area contributed by atoms with Gasteiger partial charge in [-0.2, -0.15) is 0 Å². The molecule has 10 heteroatoms. The van der Waals surface area contributed by atoms with Crippen molar-refractivity contribution in [3.05, 3.63) is 24.3 Å². The number of sulfonamides is 1. The third-order valence-corrected chi connectivity index (χ3v) is 7.06. The van der Waals surface area contributed by atoms with Gasteiger partial charge in [-0.25, -0.2) is 16.8 Å². The van der Waals surface area contributed by atoms with Crippen molar-refractivity contribution in [3.8, 4) is 5.75 Å². The number of carbonyl (C=O) groups excluding carboxylic acids is 1. The number of amides is 1. The third kappa shape index (κ3) is 4.63. The number of rotatable bonds is 6. The number of methoxy groups -OCH3 is 1. The highest BCUT2D eigenvalue weighted by Crippen LogP contribution is 2.29. The first-order chi connectivity index (χ1) is 11.5. The lowest BCUT2D eigenvalue weighted by atomic mass is 10.2. The molecule has 2 rings (SSSR count). The second-order valence-electron chi connectivity index (χ2n) is 6.00. The van der Waals surface area contributed by atoms with Crippen LogP contribution in [0.4, 0.5) is 5.69 Å². The first kappa shape index (κ1) is 19.5. The molecule has 1 saturated heterocycles. The first-order valence-electron chi connectivity index (χ1n) is 7.62. The fraction of sp³-hybridized carbons (Fsp3) is 0.533. The lowest BCUT2D eigenvalue weighted by Gasteiger charge is -2.28. The Morgan fingerprint density at radius 1 is 1.32 bits per heavy atom. The molecule has 0 aliphatic carbocycles. The Morgan fingerprint density at radius 3 is 2.48 bits per heavy atom. The summed E-state index contributed by atoms with van der Waals surface area (Å²) in [6, 6.07) is 6.06. The monoisotopic (exact) mass is 390 g/mol. The lowest BCUT2D eigenvalue weighted by molar-refractivity contribution is -0.129. The Hall–Kier alpha value is -1.81. The lowest BCUT2D eigenvalue weighted by Crippen LogP contribution is -2.45. The van der Waals surface area contributed by atoms with Crippen LogP contribution in [-0.2, 0) is 24.7 Å². The number of likely N-dealkylation sites (N-methyl/N-ethyl adjacent to an activating group) is 1. The molecule has 140 valence electrons. The number of benzene rings is 1. The Kier molecular flexibility index (Phi) is 5.62. The number of sulfone groups is 1. The average molecular weight is 390 g/mol. The number of nitrogens with zero attached hydrogens (tertiary/aromatic N) is 2. The molecule has 0 bridgehead atoms. The van der Waals surface area contributed by atoms with Crippen molar-refractivity contribution in [2.75, 3.05) is 42.8 Å². The molecule has 1 amide bonds. The van der Waals surface area contributed by atoms with Crippen LogP contribution in [0, 0.1) is 0 Å².